The van der Waals surface area contributed by atoms with Gasteiger partial charge in [-0.3, -0.25) is 4.79 Å². The second-order valence-electron chi connectivity index (χ2n) is 3.72. The van der Waals surface area contributed by atoms with E-state index in [-0.39, 0.29) is 4.90 Å². The highest BCUT2D eigenvalue weighted by Crippen LogP contribution is 2.19. The third-order valence-electron chi connectivity index (χ3n) is 2.35. The fourth-order valence-electron chi connectivity index (χ4n) is 1.48. The summed E-state index contributed by atoms with van der Waals surface area (Å²) in [7, 11) is -3.19. The number of rotatable bonds is 4. The molecule has 0 heterocycles. The molecule has 0 aliphatic carbocycles. The van der Waals surface area contributed by atoms with Crippen molar-refractivity contribution < 1.29 is 13.2 Å². The van der Waals surface area contributed by atoms with Crippen LogP contribution in [0.4, 0.5) is 0 Å². The minimum Gasteiger partial charge on any atom is -0.366 e. The predicted molar refractivity (Wildman–Crippen MR) is 67.0 cm³/mol. The van der Waals surface area contributed by atoms with Crippen molar-refractivity contribution in [3.63, 3.8) is 0 Å². The molecule has 1 aromatic rings. The summed E-state index contributed by atoms with van der Waals surface area (Å²) in [6.07, 6.45) is 3.17. The zero-order valence-corrected chi connectivity index (χ0v) is 10.6. The lowest BCUT2D eigenvalue weighted by atomic mass is 10.0. The van der Waals surface area contributed by atoms with Gasteiger partial charge in [0.15, 0.2) is 9.84 Å². The normalized spacial score (nSPS) is 12.5. The summed E-state index contributed by atoms with van der Waals surface area (Å²) in [4.78, 5) is 11.1. The largest absolute Gasteiger partial charge is 0.366 e. The summed E-state index contributed by atoms with van der Waals surface area (Å²) in [6.45, 7) is 1.90. The fourth-order valence-corrected chi connectivity index (χ4v) is 2.11. The summed E-state index contributed by atoms with van der Waals surface area (Å²) in [5.41, 5.74) is 6.69. The van der Waals surface area contributed by atoms with E-state index in [4.69, 9.17) is 5.73 Å². The Hall–Kier alpha value is -1.62. The molecule has 92 valence electrons. The second-order valence-corrected chi connectivity index (χ2v) is 5.74. The number of allylic oxidation sites excluding steroid dienone is 1. The maximum atomic E-state index is 11.3. The fraction of sp³-hybridized carbons (Fsp3) is 0.250. The van der Waals surface area contributed by atoms with Crippen LogP contribution < -0.4 is 5.73 Å². The third-order valence-corrected chi connectivity index (χ3v) is 3.48. The highest BCUT2D eigenvalue weighted by molar-refractivity contribution is 7.90. The molecule has 0 saturated heterocycles. The average molecular weight is 253 g/mol. The van der Waals surface area contributed by atoms with Gasteiger partial charge in [-0.15, -0.1) is 0 Å². The average Bonchev–Trinajstić information content (AvgIpc) is 2.24. The van der Waals surface area contributed by atoms with Crippen LogP contribution in [0.3, 0.4) is 0 Å². The van der Waals surface area contributed by atoms with E-state index in [9.17, 15) is 13.2 Å². The lowest BCUT2D eigenvalue weighted by Crippen LogP contribution is -2.07. The van der Waals surface area contributed by atoms with Gasteiger partial charge in [-0.1, -0.05) is 19.1 Å². The first kappa shape index (κ1) is 13.4. The molecule has 0 fully saturated rings. The van der Waals surface area contributed by atoms with Crippen molar-refractivity contribution in [1.82, 2.24) is 0 Å². The molecule has 0 aliphatic heterocycles. The van der Waals surface area contributed by atoms with E-state index in [1.165, 1.54) is 18.2 Å². The van der Waals surface area contributed by atoms with Crippen LogP contribution in [0.25, 0.3) is 5.57 Å². The monoisotopic (exact) mass is 253 g/mol. The Morgan fingerprint density at radius 3 is 2.18 bits per heavy atom. The van der Waals surface area contributed by atoms with Crippen molar-refractivity contribution in [2.45, 2.75) is 18.2 Å². The van der Waals surface area contributed by atoms with Gasteiger partial charge in [0.2, 0.25) is 5.91 Å². The molecule has 0 aliphatic rings. The molecule has 0 aromatic heterocycles. The summed E-state index contributed by atoms with van der Waals surface area (Å²) >= 11 is 0. The van der Waals surface area contributed by atoms with Gasteiger partial charge in [-0.2, -0.15) is 0 Å². The van der Waals surface area contributed by atoms with Gasteiger partial charge in [-0.05, 0) is 29.7 Å². The van der Waals surface area contributed by atoms with E-state index in [0.29, 0.717) is 6.42 Å². The first-order valence-corrected chi connectivity index (χ1v) is 7.04. The van der Waals surface area contributed by atoms with Crippen LogP contribution in [0.5, 0.6) is 0 Å². The van der Waals surface area contributed by atoms with Crippen LogP contribution in [0.2, 0.25) is 0 Å². The van der Waals surface area contributed by atoms with Crippen LogP contribution in [0, 0.1) is 0 Å². The van der Waals surface area contributed by atoms with Gasteiger partial charge in [0.1, 0.15) is 0 Å². The van der Waals surface area contributed by atoms with Gasteiger partial charge < -0.3 is 5.73 Å². The molecule has 0 unspecified atom stereocenters. The first-order valence-electron chi connectivity index (χ1n) is 5.15. The standard InChI is InChI=1S/C12H15NO3S/c1-3-9(8-12(13)14)10-4-6-11(7-5-10)17(2,15)16/h4-8H,3H2,1-2H3,(H2,13,14)/b9-8-. The number of sulfone groups is 1. The number of benzene rings is 1. The van der Waals surface area contributed by atoms with Crippen LogP contribution in [-0.4, -0.2) is 20.6 Å². The minimum atomic E-state index is -3.19. The van der Waals surface area contributed by atoms with Crippen LogP contribution in [0.15, 0.2) is 35.2 Å². The number of amides is 1. The highest BCUT2D eigenvalue weighted by Gasteiger charge is 2.07. The zero-order chi connectivity index (χ0) is 13.1. The number of primary amides is 1. The maximum Gasteiger partial charge on any atom is 0.241 e. The molecule has 0 saturated carbocycles. The Labute approximate surface area is 101 Å². The van der Waals surface area contributed by atoms with Crippen molar-refractivity contribution in [3.05, 3.63) is 35.9 Å². The molecule has 1 amide bonds. The van der Waals surface area contributed by atoms with Crippen LogP contribution in [-0.2, 0) is 14.6 Å². The van der Waals surface area contributed by atoms with E-state index in [1.807, 2.05) is 6.92 Å². The van der Waals surface area contributed by atoms with Crippen molar-refractivity contribution in [1.29, 1.82) is 0 Å². The molecular weight excluding hydrogens is 238 g/mol. The smallest absolute Gasteiger partial charge is 0.241 e. The van der Waals surface area contributed by atoms with Gasteiger partial charge in [0.25, 0.3) is 0 Å². The van der Waals surface area contributed by atoms with E-state index in [0.717, 1.165) is 17.4 Å². The van der Waals surface area contributed by atoms with Gasteiger partial charge in [0, 0.05) is 12.3 Å². The molecule has 0 bridgehead atoms. The van der Waals surface area contributed by atoms with Crippen LogP contribution >= 0.6 is 0 Å². The molecule has 2 N–H and O–H groups in total. The van der Waals surface area contributed by atoms with Gasteiger partial charge in [-0.25, -0.2) is 8.42 Å². The molecular formula is C12H15NO3S. The Morgan fingerprint density at radius 1 is 1.29 bits per heavy atom. The lowest BCUT2D eigenvalue weighted by molar-refractivity contribution is -0.113. The van der Waals surface area contributed by atoms with Crippen molar-refractivity contribution in [2.75, 3.05) is 6.26 Å². The summed E-state index contributed by atoms with van der Waals surface area (Å²) in [6, 6.07) is 6.40. The quantitative estimate of drug-likeness (QED) is 0.823. The number of hydrogen-bond donors (Lipinski definition) is 1. The zero-order valence-electron chi connectivity index (χ0n) is 9.80. The van der Waals surface area contributed by atoms with Crippen LogP contribution in [0.1, 0.15) is 18.9 Å². The Kier molecular flexibility index (Phi) is 4.07. The first-order chi connectivity index (χ1) is 7.84. The molecule has 5 heteroatoms. The summed E-state index contributed by atoms with van der Waals surface area (Å²) in [5.74, 6) is -0.506. The van der Waals surface area contributed by atoms with E-state index in [2.05, 4.69) is 0 Å². The third kappa shape index (κ3) is 3.71. The molecule has 1 rings (SSSR count). The molecule has 0 spiro atoms. The number of carbonyl (C=O) groups excluding carboxylic acids is 1. The van der Waals surface area contributed by atoms with Gasteiger partial charge >= 0.3 is 0 Å². The van der Waals surface area contributed by atoms with Crippen molar-refractivity contribution >= 4 is 21.3 Å². The molecule has 17 heavy (non-hydrogen) atoms. The van der Waals surface area contributed by atoms with Crippen molar-refractivity contribution in [3.8, 4) is 0 Å². The molecule has 4 nitrogen and oxygen atoms in total. The van der Waals surface area contributed by atoms with E-state index in [1.54, 1.807) is 12.1 Å². The number of hydrogen-bond acceptors (Lipinski definition) is 3. The second kappa shape index (κ2) is 5.14. The van der Waals surface area contributed by atoms with Crippen molar-refractivity contribution in [2.24, 2.45) is 5.73 Å². The van der Waals surface area contributed by atoms with Gasteiger partial charge in [0.05, 0.1) is 4.90 Å². The topological polar surface area (TPSA) is 77.2 Å². The SMILES string of the molecule is CC/C(=C/C(N)=O)c1ccc(S(C)(=O)=O)cc1. The summed E-state index contributed by atoms with van der Waals surface area (Å²) in [5, 5.41) is 0. The Balaban J connectivity index is 3.14. The molecule has 0 atom stereocenters. The summed E-state index contributed by atoms with van der Waals surface area (Å²) < 4.78 is 22.5. The minimum absolute atomic E-state index is 0.260. The molecule has 1 aromatic carbocycles. The Morgan fingerprint density at radius 2 is 1.82 bits per heavy atom. The molecule has 0 radical (unpaired) electrons. The van der Waals surface area contributed by atoms with E-state index < -0.39 is 15.7 Å². The number of carbonyl (C=O) groups is 1. The predicted octanol–water partition coefficient (Wildman–Crippen LogP) is 1.37. The maximum absolute atomic E-state index is 11.3. The van der Waals surface area contributed by atoms with E-state index >= 15 is 0 Å². The highest BCUT2D eigenvalue weighted by atomic mass is 32.2. The number of nitrogens with two attached hydrogens (primary N) is 1. The Bertz CT molecular complexity index is 542. The lowest BCUT2D eigenvalue weighted by Gasteiger charge is -2.05.